The standard InChI is InChI=1S/C14H9ClN2O2/c15-10-1-3-13(17-6-5-16-9-17)12(7-10)14-4-2-11(8-18)19-14/h1-9H. The number of nitrogens with zero attached hydrogens (tertiary/aromatic N) is 2. The summed E-state index contributed by atoms with van der Waals surface area (Å²) < 4.78 is 7.31. The highest BCUT2D eigenvalue weighted by Crippen LogP contribution is 2.30. The molecule has 4 nitrogen and oxygen atoms in total. The molecule has 5 heteroatoms. The third kappa shape index (κ3) is 2.18. The molecule has 0 aliphatic heterocycles. The molecule has 0 radical (unpaired) electrons. The lowest BCUT2D eigenvalue weighted by molar-refractivity contribution is 0.110. The Labute approximate surface area is 114 Å². The van der Waals surface area contributed by atoms with Gasteiger partial charge in [0.15, 0.2) is 12.0 Å². The molecule has 3 rings (SSSR count). The zero-order chi connectivity index (χ0) is 13.2. The number of hydrogen-bond acceptors (Lipinski definition) is 3. The van der Waals surface area contributed by atoms with E-state index >= 15 is 0 Å². The van der Waals surface area contributed by atoms with Crippen LogP contribution in [0, 0.1) is 0 Å². The molecule has 0 bridgehead atoms. The van der Waals surface area contributed by atoms with Crippen LogP contribution in [0.2, 0.25) is 5.02 Å². The average molecular weight is 273 g/mol. The predicted molar refractivity (Wildman–Crippen MR) is 71.7 cm³/mol. The van der Waals surface area contributed by atoms with Crippen molar-refractivity contribution < 1.29 is 9.21 Å². The first-order valence-corrected chi connectivity index (χ1v) is 5.99. The van der Waals surface area contributed by atoms with E-state index < -0.39 is 0 Å². The smallest absolute Gasteiger partial charge is 0.185 e. The lowest BCUT2D eigenvalue weighted by Crippen LogP contribution is -1.93. The molecule has 0 aliphatic carbocycles. The molecule has 1 aromatic carbocycles. The van der Waals surface area contributed by atoms with E-state index in [2.05, 4.69) is 4.98 Å². The fourth-order valence-corrected chi connectivity index (χ4v) is 2.07. The predicted octanol–water partition coefficient (Wildman–Crippen LogP) is 3.60. The minimum Gasteiger partial charge on any atom is -0.453 e. The highest BCUT2D eigenvalue weighted by molar-refractivity contribution is 6.31. The van der Waals surface area contributed by atoms with E-state index in [0.717, 1.165) is 11.3 Å². The number of aldehydes is 1. The summed E-state index contributed by atoms with van der Waals surface area (Å²) in [6, 6.07) is 8.84. The lowest BCUT2D eigenvalue weighted by Gasteiger charge is -2.08. The van der Waals surface area contributed by atoms with Crippen molar-refractivity contribution >= 4 is 17.9 Å². The molecule has 0 amide bonds. The maximum Gasteiger partial charge on any atom is 0.185 e. The molecular weight excluding hydrogens is 264 g/mol. The maximum absolute atomic E-state index is 10.7. The van der Waals surface area contributed by atoms with Crippen molar-refractivity contribution in [3.05, 3.63) is 59.8 Å². The van der Waals surface area contributed by atoms with Crippen LogP contribution < -0.4 is 0 Å². The minimum atomic E-state index is 0.284. The van der Waals surface area contributed by atoms with Crippen molar-refractivity contribution in [1.82, 2.24) is 9.55 Å². The Bertz CT molecular complexity index is 717. The van der Waals surface area contributed by atoms with Crippen LogP contribution in [0.4, 0.5) is 0 Å². The Morgan fingerprint density at radius 2 is 2.16 bits per heavy atom. The molecule has 0 spiro atoms. The van der Waals surface area contributed by atoms with Crippen molar-refractivity contribution in [2.75, 3.05) is 0 Å². The molecule has 0 saturated carbocycles. The van der Waals surface area contributed by atoms with Crippen molar-refractivity contribution in [3.8, 4) is 17.0 Å². The summed E-state index contributed by atoms with van der Waals surface area (Å²) in [7, 11) is 0. The second kappa shape index (κ2) is 4.74. The van der Waals surface area contributed by atoms with E-state index in [9.17, 15) is 4.79 Å². The lowest BCUT2D eigenvalue weighted by atomic mass is 10.1. The Morgan fingerprint density at radius 3 is 2.84 bits per heavy atom. The normalized spacial score (nSPS) is 10.6. The second-order valence-electron chi connectivity index (χ2n) is 3.95. The third-order valence-corrected chi connectivity index (χ3v) is 2.98. The Hall–Kier alpha value is -2.33. The maximum atomic E-state index is 10.7. The summed E-state index contributed by atoms with van der Waals surface area (Å²) in [4.78, 5) is 14.7. The van der Waals surface area contributed by atoms with Gasteiger partial charge in [-0.25, -0.2) is 4.98 Å². The summed E-state index contributed by atoms with van der Waals surface area (Å²) in [6.45, 7) is 0. The van der Waals surface area contributed by atoms with Crippen LogP contribution in [0.1, 0.15) is 10.6 Å². The van der Waals surface area contributed by atoms with Crippen LogP contribution in [0.5, 0.6) is 0 Å². The molecule has 0 unspecified atom stereocenters. The molecule has 0 atom stereocenters. The number of imidazole rings is 1. The SMILES string of the molecule is O=Cc1ccc(-c2cc(Cl)ccc2-n2ccnc2)o1. The topological polar surface area (TPSA) is 48.0 Å². The van der Waals surface area contributed by atoms with Crippen molar-refractivity contribution in [3.63, 3.8) is 0 Å². The molecular formula is C14H9ClN2O2. The molecule has 0 saturated heterocycles. The van der Waals surface area contributed by atoms with E-state index in [-0.39, 0.29) is 5.76 Å². The minimum absolute atomic E-state index is 0.284. The van der Waals surface area contributed by atoms with Gasteiger partial charge >= 0.3 is 0 Å². The van der Waals surface area contributed by atoms with Gasteiger partial charge in [-0.15, -0.1) is 0 Å². The summed E-state index contributed by atoms with van der Waals surface area (Å²) >= 11 is 6.03. The average Bonchev–Trinajstić information content (AvgIpc) is 3.10. The van der Waals surface area contributed by atoms with Gasteiger partial charge in [-0.3, -0.25) is 4.79 Å². The largest absolute Gasteiger partial charge is 0.453 e. The van der Waals surface area contributed by atoms with Crippen LogP contribution in [0.3, 0.4) is 0 Å². The number of halogens is 1. The van der Waals surface area contributed by atoms with Crippen LogP contribution in [-0.4, -0.2) is 15.8 Å². The summed E-state index contributed by atoms with van der Waals surface area (Å²) in [6.07, 6.45) is 5.88. The number of benzene rings is 1. The van der Waals surface area contributed by atoms with Crippen molar-refractivity contribution in [2.24, 2.45) is 0 Å². The van der Waals surface area contributed by atoms with Gasteiger partial charge in [-0.2, -0.15) is 0 Å². The van der Waals surface area contributed by atoms with Gasteiger partial charge in [0.1, 0.15) is 5.76 Å². The van der Waals surface area contributed by atoms with E-state index in [1.807, 2.05) is 16.8 Å². The van der Waals surface area contributed by atoms with Gasteiger partial charge in [-0.05, 0) is 30.3 Å². The van der Waals surface area contributed by atoms with Crippen LogP contribution in [0.15, 0.2) is 53.5 Å². The molecule has 0 aliphatic rings. The molecule has 19 heavy (non-hydrogen) atoms. The zero-order valence-electron chi connectivity index (χ0n) is 9.79. The van der Waals surface area contributed by atoms with Gasteiger partial charge in [-0.1, -0.05) is 11.6 Å². The van der Waals surface area contributed by atoms with Crippen molar-refractivity contribution in [2.45, 2.75) is 0 Å². The Kier molecular flexibility index (Phi) is 2.93. The van der Waals surface area contributed by atoms with Gasteiger partial charge in [0.25, 0.3) is 0 Å². The van der Waals surface area contributed by atoms with Gasteiger partial charge < -0.3 is 8.98 Å². The number of aromatic nitrogens is 2. The highest BCUT2D eigenvalue weighted by Gasteiger charge is 2.11. The number of carbonyl (C=O) groups is 1. The zero-order valence-corrected chi connectivity index (χ0v) is 10.5. The van der Waals surface area contributed by atoms with Gasteiger partial charge in [0, 0.05) is 23.0 Å². The molecule has 0 N–H and O–H groups in total. The molecule has 0 fully saturated rings. The van der Waals surface area contributed by atoms with E-state index in [1.165, 1.54) is 0 Å². The second-order valence-corrected chi connectivity index (χ2v) is 4.39. The third-order valence-electron chi connectivity index (χ3n) is 2.75. The fourth-order valence-electron chi connectivity index (χ4n) is 1.89. The molecule has 2 heterocycles. The van der Waals surface area contributed by atoms with Crippen molar-refractivity contribution in [1.29, 1.82) is 0 Å². The van der Waals surface area contributed by atoms with Gasteiger partial charge in [0.05, 0.1) is 12.0 Å². The monoisotopic (exact) mass is 272 g/mol. The summed E-state index contributed by atoms with van der Waals surface area (Å²) in [5.41, 5.74) is 1.69. The fraction of sp³-hybridized carbons (Fsp3) is 0. The van der Waals surface area contributed by atoms with E-state index in [4.69, 9.17) is 16.0 Å². The van der Waals surface area contributed by atoms with Crippen LogP contribution >= 0.6 is 11.6 Å². The van der Waals surface area contributed by atoms with E-state index in [1.54, 1.807) is 36.8 Å². The Morgan fingerprint density at radius 1 is 1.26 bits per heavy atom. The highest BCUT2D eigenvalue weighted by atomic mass is 35.5. The van der Waals surface area contributed by atoms with Crippen LogP contribution in [-0.2, 0) is 0 Å². The number of rotatable bonds is 3. The first-order chi connectivity index (χ1) is 9.28. The summed E-state index contributed by atoms with van der Waals surface area (Å²) in [5.74, 6) is 0.875. The first-order valence-electron chi connectivity index (χ1n) is 5.61. The quantitative estimate of drug-likeness (QED) is 0.685. The number of furan rings is 1. The number of carbonyl (C=O) groups excluding carboxylic acids is 1. The molecule has 3 aromatic rings. The first kappa shape index (κ1) is 11.7. The number of hydrogen-bond donors (Lipinski definition) is 0. The van der Waals surface area contributed by atoms with Crippen LogP contribution in [0.25, 0.3) is 17.0 Å². The molecule has 94 valence electrons. The van der Waals surface area contributed by atoms with Gasteiger partial charge in [0.2, 0.25) is 0 Å². The summed E-state index contributed by atoms with van der Waals surface area (Å²) in [5, 5.41) is 0.600. The molecule has 2 aromatic heterocycles. The Balaban J connectivity index is 2.18. The van der Waals surface area contributed by atoms with E-state index in [0.29, 0.717) is 17.1 Å².